The summed E-state index contributed by atoms with van der Waals surface area (Å²) in [5.74, 6) is -0.410. The molecule has 7 nitrogen and oxygen atoms in total. The lowest BCUT2D eigenvalue weighted by Crippen LogP contribution is -2.38. The predicted octanol–water partition coefficient (Wildman–Crippen LogP) is 1.16. The molecule has 3 atom stereocenters. The molecule has 0 bridgehead atoms. The quantitative estimate of drug-likeness (QED) is 0.237. The summed E-state index contributed by atoms with van der Waals surface area (Å²) in [7, 11) is 1.49. The van der Waals surface area contributed by atoms with E-state index in [1.54, 1.807) is 12.2 Å². The maximum atomic E-state index is 10.7. The zero-order valence-corrected chi connectivity index (χ0v) is 9.07. The summed E-state index contributed by atoms with van der Waals surface area (Å²) >= 11 is 0. The van der Waals surface area contributed by atoms with Gasteiger partial charge in [0, 0.05) is 18.9 Å². The van der Waals surface area contributed by atoms with Crippen molar-refractivity contribution in [3.63, 3.8) is 0 Å². The number of hydrogen-bond acceptors (Lipinski definition) is 5. The number of nitrogens with zero attached hydrogens (tertiary/aromatic N) is 3. The summed E-state index contributed by atoms with van der Waals surface area (Å²) in [4.78, 5) is 13.4. The van der Waals surface area contributed by atoms with Gasteiger partial charge in [-0.2, -0.15) is 0 Å². The third-order valence-corrected chi connectivity index (χ3v) is 2.02. The van der Waals surface area contributed by atoms with Crippen molar-refractivity contribution in [3.8, 4) is 0 Å². The molecule has 0 unspecified atom stereocenters. The fourth-order valence-electron chi connectivity index (χ4n) is 1.27. The van der Waals surface area contributed by atoms with Crippen LogP contribution in [-0.4, -0.2) is 38.1 Å². The Balaban J connectivity index is 2.65. The number of ether oxygens (including phenoxy) is 3. The topological polar surface area (TPSA) is 93.5 Å². The molecule has 0 spiro atoms. The highest BCUT2D eigenvalue weighted by molar-refractivity contribution is 5.65. The van der Waals surface area contributed by atoms with Gasteiger partial charge in [0.2, 0.25) is 0 Å². The van der Waals surface area contributed by atoms with E-state index in [0.717, 1.165) is 0 Å². The van der Waals surface area contributed by atoms with Crippen LogP contribution in [0.25, 0.3) is 10.4 Å². The maximum absolute atomic E-state index is 10.7. The standard InChI is InChI=1S/C9H13N3O4/c1-6(13)15-5-8-7(11-12-10)3-4-9(14-2)16-8/h3-4,7-9H,5H2,1-2H3/t7-,8-,9+/m1/s1. The largest absolute Gasteiger partial charge is 0.463 e. The van der Waals surface area contributed by atoms with E-state index in [4.69, 9.17) is 19.7 Å². The monoisotopic (exact) mass is 227 g/mol. The van der Waals surface area contributed by atoms with Crippen molar-refractivity contribution in [2.45, 2.75) is 25.4 Å². The first kappa shape index (κ1) is 12.5. The lowest BCUT2D eigenvalue weighted by atomic mass is 10.1. The van der Waals surface area contributed by atoms with Crippen molar-refractivity contribution in [2.75, 3.05) is 13.7 Å². The fourth-order valence-corrected chi connectivity index (χ4v) is 1.27. The summed E-state index contributed by atoms with van der Waals surface area (Å²) in [6.45, 7) is 1.33. The molecule has 0 aromatic carbocycles. The Morgan fingerprint density at radius 2 is 2.38 bits per heavy atom. The van der Waals surface area contributed by atoms with Crippen LogP contribution in [0.15, 0.2) is 17.3 Å². The van der Waals surface area contributed by atoms with E-state index in [-0.39, 0.29) is 6.61 Å². The van der Waals surface area contributed by atoms with Gasteiger partial charge in [-0.1, -0.05) is 11.2 Å². The molecule has 1 rings (SSSR count). The minimum Gasteiger partial charge on any atom is -0.463 e. The first-order valence-electron chi connectivity index (χ1n) is 4.71. The molecule has 0 saturated carbocycles. The van der Waals surface area contributed by atoms with Gasteiger partial charge in [0.15, 0.2) is 6.29 Å². The lowest BCUT2D eigenvalue weighted by Gasteiger charge is -2.28. The van der Waals surface area contributed by atoms with Crippen LogP contribution in [0, 0.1) is 0 Å². The van der Waals surface area contributed by atoms with Gasteiger partial charge in [-0.3, -0.25) is 4.79 Å². The molecular weight excluding hydrogens is 214 g/mol. The van der Waals surface area contributed by atoms with Crippen LogP contribution in [0.5, 0.6) is 0 Å². The zero-order chi connectivity index (χ0) is 12.0. The van der Waals surface area contributed by atoms with Gasteiger partial charge in [-0.25, -0.2) is 0 Å². The summed E-state index contributed by atoms with van der Waals surface area (Å²) in [6, 6.07) is -0.490. The maximum Gasteiger partial charge on any atom is 0.302 e. The highest BCUT2D eigenvalue weighted by Crippen LogP contribution is 2.17. The van der Waals surface area contributed by atoms with Crippen LogP contribution in [-0.2, 0) is 19.0 Å². The van der Waals surface area contributed by atoms with Crippen LogP contribution >= 0.6 is 0 Å². The molecule has 16 heavy (non-hydrogen) atoms. The number of carbonyl (C=O) groups excluding carboxylic acids is 1. The van der Waals surface area contributed by atoms with E-state index in [2.05, 4.69) is 10.0 Å². The number of methoxy groups -OCH3 is 1. The second kappa shape index (κ2) is 6.12. The Hall–Kier alpha value is -1.56. The summed E-state index contributed by atoms with van der Waals surface area (Å²) in [6.07, 6.45) is 2.29. The number of rotatable bonds is 4. The normalized spacial score (nSPS) is 28.2. The third-order valence-electron chi connectivity index (χ3n) is 2.02. The Bertz CT molecular complexity index is 325. The molecule has 0 aromatic heterocycles. The van der Waals surface area contributed by atoms with E-state index >= 15 is 0 Å². The third kappa shape index (κ3) is 3.54. The van der Waals surface area contributed by atoms with Crippen molar-refractivity contribution < 1.29 is 19.0 Å². The van der Waals surface area contributed by atoms with Gasteiger partial charge >= 0.3 is 5.97 Å². The van der Waals surface area contributed by atoms with Crippen molar-refractivity contribution in [1.29, 1.82) is 0 Å². The van der Waals surface area contributed by atoms with Crippen molar-refractivity contribution in [1.82, 2.24) is 0 Å². The smallest absolute Gasteiger partial charge is 0.302 e. The Labute approximate surface area is 92.6 Å². The van der Waals surface area contributed by atoms with Crippen LogP contribution in [0.4, 0.5) is 0 Å². The second-order valence-electron chi connectivity index (χ2n) is 3.16. The van der Waals surface area contributed by atoms with Crippen molar-refractivity contribution >= 4 is 5.97 Å². The first-order chi connectivity index (χ1) is 7.67. The highest BCUT2D eigenvalue weighted by Gasteiger charge is 2.27. The van der Waals surface area contributed by atoms with Crippen molar-refractivity contribution in [3.05, 3.63) is 22.6 Å². The number of esters is 1. The van der Waals surface area contributed by atoms with Crippen LogP contribution in [0.3, 0.4) is 0 Å². The Kier molecular flexibility index (Phi) is 4.78. The predicted molar refractivity (Wildman–Crippen MR) is 54.4 cm³/mol. The molecule has 88 valence electrons. The van der Waals surface area contributed by atoms with E-state index in [0.29, 0.717) is 0 Å². The first-order valence-corrected chi connectivity index (χ1v) is 4.71. The number of azide groups is 1. The molecule has 0 fully saturated rings. The molecule has 0 saturated heterocycles. The van der Waals surface area contributed by atoms with E-state index in [9.17, 15) is 4.79 Å². The highest BCUT2D eigenvalue weighted by atomic mass is 16.7. The molecule has 0 aliphatic carbocycles. The molecule has 0 N–H and O–H groups in total. The summed E-state index contributed by atoms with van der Waals surface area (Å²) in [5.41, 5.74) is 8.37. The van der Waals surface area contributed by atoms with E-state index in [1.807, 2.05) is 0 Å². The van der Waals surface area contributed by atoms with Gasteiger partial charge in [0.1, 0.15) is 12.7 Å². The van der Waals surface area contributed by atoms with Crippen LogP contribution < -0.4 is 0 Å². The van der Waals surface area contributed by atoms with Gasteiger partial charge in [0.25, 0.3) is 0 Å². The van der Waals surface area contributed by atoms with Gasteiger partial charge in [-0.15, -0.1) is 0 Å². The van der Waals surface area contributed by atoms with Gasteiger partial charge < -0.3 is 14.2 Å². The molecule has 0 radical (unpaired) electrons. The summed E-state index contributed by atoms with van der Waals surface area (Å²) in [5, 5.41) is 3.53. The number of carbonyl (C=O) groups is 1. The van der Waals surface area contributed by atoms with Crippen LogP contribution in [0.1, 0.15) is 6.92 Å². The Morgan fingerprint density at radius 1 is 1.62 bits per heavy atom. The van der Waals surface area contributed by atoms with Crippen LogP contribution in [0.2, 0.25) is 0 Å². The molecule has 0 amide bonds. The molecule has 1 aliphatic rings. The molecule has 1 heterocycles. The lowest BCUT2D eigenvalue weighted by molar-refractivity contribution is -0.165. The average molecular weight is 227 g/mol. The molecular formula is C9H13N3O4. The fraction of sp³-hybridized carbons (Fsp3) is 0.667. The second-order valence-corrected chi connectivity index (χ2v) is 3.16. The molecule has 1 aliphatic heterocycles. The minimum atomic E-state index is -0.519. The SMILES string of the molecule is CO[C@@H]1C=C[C@@H](N=[N+]=[N-])[C@@H](COC(C)=O)O1. The molecule has 7 heteroatoms. The van der Waals surface area contributed by atoms with Gasteiger partial charge in [-0.05, 0) is 11.6 Å². The number of hydrogen-bond donors (Lipinski definition) is 0. The summed E-state index contributed by atoms with van der Waals surface area (Å²) < 4.78 is 15.2. The minimum absolute atomic E-state index is 0.0310. The van der Waals surface area contributed by atoms with Crippen molar-refractivity contribution in [2.24, 2.45) is 5.11 Å². The molecule has 0 aromatic rings. The average Bonchev–Trinajstić information content (AvgIpc) is 2.28. The van der Waals surface area contributed by atoms with E-state index in [1.165, 1.54) is 14.0 Å². The van der Waals surface area contributed by atoms with Gasteiger partial charge in [0.05, 0.1) is 6.04 Å². The zero-order valence-electron chi connectivity index (χ0n) is 9.07. The Morgan fingerprint density at radius 3 is 2.94 bits per heavy atom. The van der Waals surface area contributed by atoms with E-state index < -0.39 is 24.4 Å².